The average molecular weight is 407 g/mol. The molecule has 10 heteroatoms. The van der Waals surface area contributed by atoms with Crippen molar-refractivity contribution in [2.45, 2.75) is 69.5 Å². The summed E-state index contributed by atoms with van der Waals surface area (Å²) in [4.78, 5) is 13.1. The van der Waals surface area contributed by atoms with Crippen LogP contribution in [-0.4, -0.2) is 26.1 Å². The predicted octanol–water partition coefficient (Wildman–Crippen LogP) is 4.26. The van der Waals surface area contributed by atoms with E-state index in [4.69, 9.17) is 4.99 Å². The van der Waals surface area contributed by atoms with E-state index in [0.29, 0.717) is 11.1 Å². The molecule has 3 aliphatic rings. The molecular weight excluding hydrogens is 381 g/mol. The Morgan fingerprint density at radius 1 is 1.04 bits per heavy atom. The third-order valence-corrected chi connectivity index (χ3v) is 10.6. The van der Waals surface area contributed by atoms with Crippen LogP contribution in [0.5, 0.6) is 0 Å². The average Bonchev–Trinajstić information content (AvgIpc) is 2.98. The summed E-state index contributed by atoms with van der Waals surface area (Å²) in [6.07, 6.45) is 14.0. The van der Waals surface area contributed by atoms with Crippen LogP contribution in [0.1, 0.15) is 64.2 Å². The number of hydrogen-bond donors (Lipinski definition) is 3. The molecule has 0 radical (unpaired) electrons. The summed E-state index contributed by atoms with van der Waals surface area (Å²) in [7, 11) is 0. The molecule has 2 aliphatic carbocycles. The summed E-state index contributed by atoms with van der Waals surface area (Å²) in [5, 5.41) is 7.67. The van der Waals surface area contributed by atoms with Gasteiger partial charge in [0.1, 0.15) is 5.28 Å². The predicted molar refractivity (Wildman–Crippen MR) is 111 cm³/mol. The molecule has 8 nitrogen and oxygen atoms in total. The van der Waals surface area contributed by atoms with E-state index in [-0.39, 0.29) is 0 Å². The lowest BCUT2D eigenvalue weighted by molar-refractivity contribution is 0.386. The third-order valence-electron chi connectivity index (χ3n) is 5.35. The zero-order valence-corrected chi connectivity index (χ0v) is 17.1. The van der Waals surface area contributed by atoms with Crippen LogP contribution in [0.3, 0.4) is 0 Å². The van der Waals surface area contributed by atoms with Crippen molar-refractivity contribution in [2.75, 3.05) is 5.43 Å². The molecule has 2 heterocycles. The molecule has 1 aromatic rings. The molecule has 1 aliphatic heterocycles. The molecule has 0 aromatic carbocycles. The lowest BCUT2D eigenvalue weighted by Crippen LogP contribution is -2.34. The molecule has 2 fully saturated rings. The van der Waals surface area contributed by atoms with Crippen molar-refractivity contribution in [3.63, 3.8) is 0 Å². The highest BCUT2D eigenvalue weighted by Gasteiger charge is 2.55. The Kier molecular flexibility index (Phi) is 5.80. The van der Waals surface area contributed by atoms with Crippen molar-refractivity contribution in [3.05, 3.63) is 18.5 Å². The van der Waals surface area contributed by atoms with Gasteiger partial charge in [-0.2, -0.15) is 10.3 Å². The number of nitrogens with zero attached hydrogens (tertiary/aromatic N) is 4. The van der Waals surface area contributed by atoms with Crippen LogP contribution in [0.2, 0.25) is 0 Å². The van der Waals surface area contributed by atoms with E-state index in [2.05, 4.69) is 31.1 Å². The van der Waals surface area contributed by atoms with Crippen LogP contribution in [0.4, 0.5) is 5.95 Å². The minimum absolute atomic E-state index is 0.406. The number of aliphatic imine (C=N–C) groups is 1. The highest BCUT2D eigenvalue weighted by atomic mass is 32.7. The third kappa shape index (κ3) is 4.20. The fraction of sp³-hybridized carbons (Fsp3) is 0.647. The molecule has 0 saturated heterocycles. The maximum atomic E-state index is 13.9. The van der Waals surface area contributed by atoms with Gasteiger partial charge in [-0.15, -0.1) is 0 Å². The second kappa shape index (κ2) is 8.29. The zero-order chi connectivity index (χ0) is 18.6. The first-order valence-corrected chi connectivity index (χ1v) is 12.8. The number of aromatic nitrogens is 2. The van der Waals surface area contributed by atoms with E-state index in [1.807, 2.05) is 0 Å². The second-order valence-corrected chi connectivity index (χ2v) is 12.1. The number of hydrogen-bond acceptors (Lipinski definition) is 8. The maximum absolute atomic E-state index is 13.9. The van der Waals surface area contributed by atoms with Crippen LogP contribution >= 0.6 is 17.9 Å². The largest absolute Gasteiger partial charge is 0.290 e. The Hall–Kier alpha value is -1.44. The Balaban J connectivity index is 1.49. The number of hydrazone groups is 1. The van der Waals surface area contributed by atoms with E-state index < -0.39 is 11.8 Å². The molecule has 146 valence electrons. The van der Waals surface area contributed by atoms with Crippen LogP contribution < -0.4 is 16.0 Å². The molecule has 1 aromatic heterocycles. The number of anilines is 1. The monoisotopic (exact) mass is 407 g/mol. The van der Waals surface area contributed by atoms with E-state index in [0.717, 1.165) is 38.5 Å². The minimum atomic E-state index is -2.93. The summed E-state index contributed by atoms with van der Waals surface area (Å²) in [5.41, 5.74) is 7.23. The molecule has 0 bridgehead atoms. The summed E-state index contributed by atoms with van der Waals surface area (Å²) >= 11 is 1.28. The first-order valence-electron chi connectivity index (χ1n) is 9.71. The van der Waals surface area contributed by atoms with Crippen molar-refractivity contribution < 1.29 is 4.57 Å². The van der Waals surface area contributed by atoms with Gasteiger partial charge in [-0.3, -0.25) is 15.4 Å². The van der Waals surface area contributed by atoms with Crippen LogP contribution in [-0.2, 0) is 4.57 Å². The Labute approximate surface area is 163 Å². The Morgan fingerprint density at radius 3 is 2.48 bits per heavy atom. The summed E-state index contributed by atoms with van der Waals surface area (Å²) in [5.74, 6) is 0.406. The van der Waals surface area contributed by atoms with E-state index in [1.54, 1.807) is 18.5 Å². The molecule has 27 heavy (non-hydrogen) atoms. The zero-order valence-electron chi connectivity index (χ0n) is 15.4. The summed E-state index contributed by atoms with van der Waals surface area (Å²) in [6, 6.07) is 1.75. The van der Waals surface area contributed by atoms with Gasteiger partial charge >= 0.3 is 0 Å². The SMILES string of the molecule is O=P1(NNc2ncccn2)SC(NN=C2CCCCC2)=NC12CCCCC2. The van der Waals surface area contributed by atoms with Gasteiger partial charge in [0, 0.05) is 18.1 Å². The second-order valence-electron chi connectivity index (χ2n) is 7.26. The van der Waals surface area contributed by atoms with Crippen LogP contribution in [0, 0.1) is 0 Å². The van der Waals surface area contributed by atoms with Gasteiger partial charge < -0.3 is 0 Å². The quantitative estimate of drug-likeness (QED) is 0.506. The van der Waals surface area contributed by atoms with Gasteiger partial charge in [-0.1, -0.05) is 25.7 Å². The first kappa shape index (κ1) is 18.9. The molecule has 3 N–H and O–H groups in total. The number of hydrazine groups is 1. The normalized spacial score (nSPS) is 27.3. The lowest BCUT2D eigenvalue weighted by atomic mass is 9.95. The summed E-state index contributed by atoms with van der Waals surface area (Å²) < 4.78 is 13.9. The fourth-order valence-corrected chi connectivity index (χ4v) is 8.71. The van der Waals surface area contributed by atoms with Gasteiger partial charge in [0.25, 0.3) is 6.49 Å². The van der Waals surface area contributed by atoms with Crippen molar-refractivity contribution in [1.82, 2.24) is 20.6 Å². The number of amidine groups is 1. The standard InChI is InChI=1S/C17H26N7OPS/c25-26(24-22-15-18-12-7-13-19-15)17(10-5-2-6-11-17)20-16(27-26)23-21-14-8-3-1-4-9-14/h7,12-13H,1-6,8-11H2,(H,20,23)(H,24,25)(H,18,19,22). The molecule has 0 amide bonds. The van der Waals surface area contributed by atoms with Crippen molar-refractivity contribution >= 4 is 34.7 Å². The maximum Gasteiger partial charge on any atom is 0.251 e. The Morgan fingerprint density at radius 2 is 1.74 bits per heavy atom. The highest BCUT2D eigenvalue weighted by molar-refractivity contribution is 8.65. The summed E-state index contributed by atoms with van der Waals surface area (Å²) in [6.45, 7) is -2.93. The molecule has 2 saturated carbocycles. The van der Waals surface area contributed by atoms with E-state index in [9.17, 15) is 4.57 Å². The highest BCUT2D eigenvalue weighted by Crippen LogP contribution is 2.73. The minimum Gasteiger partial charge on any atom is -0.290 e. The van der Waals surface area contributed by atoms with Gasteiger partial charge in [0.05, 0.1) is 0 Å². The van der Waals surface area contributed by atoms with Gasteiger partial charge in [-0.25, -0.2) is 15.0 Å². The van der Waals surface area contributed by atoms with E-state index in [1.165, 1.54) is 42.8 Å². The van der Waals surface area contributed by atoms with Crippen molar-refractivity contribution in [2.24, 2.45) is 10.1 Å². The molecule has 4 rings (SSSR count). The van der Waals surface area contributed by atoms with Gasteiger partial charge in [0.15, 0.2) is 5.17 Å². The molecular formula is C17H26N7OPS. The van der Waals surface area contributed by atoms with Gasteiger partial charge in [0.2, 0.25) is 5.95 Å². The molecule has 1 unspecified atom stereocenters. The van der Waals surface area contributed by atoms with Gasteiger partial charge in [-0.05, 0) is 56.0 Å². The van der Waals surface area contributed by atoms with Crippen LogP contribution in [0.25, 0.3) is 0 Å². The number of nitrogens with one attached hydrogen (secondary N) is 3. The fourth-order valence-electron chi connectivity index (χ4n) is 3.86. The Bertz CT molecular complexity index is 756. The van der Waals surface area contributed by atoms with E-state index >= 15 is 0 Å². The topological polar surface area (TPSA) is 104 Å². The van der Waals surface area contributed by atoms with Crippen molar-refractivity contribution in [3.8, 4) is 0 Å². The lowest BCUT2D eigenvalue weighted by Gasteiger charge is -2.35. The molecule has 1 atom stereocenters. The number of rotatable bonds is 4. The first-order chi connectivity index (χ1) is 13.2. The van der Waals surface area contributed by atoms with Crippen LogP contribution in [0.15, 0.2) is 28.6 Å². The smallest absolute Gasteiger partial charge is 0.251 e. The van der Waals surface area contributed by atoms with Crippen molar-refractivity contribution in [1.29, 1.82) is 0 Å². The molecule has 1 spiro atoms.